The van der Waals surface area contributed by atoms with Crippen LogP contribution in [0, 0.1) is 5.41 Å². The maximum Gasteiger partial charge on any atom is 0.309 e. The lowest BCUT2D eigenvalue weighted by Gasteiger charge is -2.09. The van der Waals surface area contributed by atoms with E-state index in [-0.39, 0.29) is 0 Å². The van der Waals surface area contributed by atoms with Crippen LogP contribution in [-0.4, -0.2) is 11.1 Å². The molecule has 1 fully saturated rings. The van der Waals surface area contributed by atoms with E-state index < -0.39 is 11.4 Å². The second-order valence-corrected chi connectivity index (χ2v) is 4.66. The van der Waals surface area contributed by atoms with Gasteiger partial charge in [0.05, 0.1) is 5.41 Å². The van der Waals surface area contributed by atoms with Crippen LogP contribution in [-0.2, 0) is 4.79 Å². The molecule has 0 amide bonds. The predicted molar refractivity (Wildman–Crippen MR) is 64.0 cm³/mol. The van der Waals surface area contributed by atoms with Crippen molar-refractivity contribution < 1.29 is 9.90 Å². The molecule has 0 spiro atoms. The van der Waals surface area contributed by atoms with E-state index in [1.54, 1.807) is 0 Å². The Hall–Kier alpha value is -1.57. The molecule has 1 N–H and O–H groups in total. The van der Waals surface area contributed by atoms with E-state index >= 15 is 0 Å². The van der Waals surface area contributed by atoms with Gasteiger partial charge in [-0.1, -0.05) is 42.0 Å². The summed E-state index contributed by atoms with van der Waals surface area (Å²) in [6.07, 6.45) is 4.39. The SMILES string of the molecule is C/C(=C\c1ccccc1)CC1(C(=O)O)CC1. The highest BCUT2D eigenvalue weighted by atomic mass is 16.4. The van der Waals surface area contributed by atoms with Gasteiger partial charge >= 0.3 is 5.97 Å². The largest absolute Gasteiger partial charge is 0.481 e. The number of aliphatic carboxylic acids is 1. The number of carbonyl (C=O) groups is 1. The maximum absolute atomic E-state index is 11.0. The number of rotatable bonds is 4. The summed E-state index contributed by atoms with van der Waals surface area (Å²) in [6, 6.07) is 10.0. The Morgan fingerprint density at radius 2 is 2.00 bits per heavy atom. The fourth-order valence-corrected chi connectivity index (χ4v) is 2.04. The number of carboxylic acids is 1. The maximum atomic E-state index is 11.0. The van der Waals surface area contributed by atoms with Crippen molar-refractivity contribution in [3.63, 3.8) is 0 Å². The zero-order valence-corrected chi connectivity index (χ0v) is 9.44. The summed E-state index contributed by atoms with van der Waals surface area (Å²) in [5.41, 5.74) is 1.84. The van der Waals surface area contributed by atoms with Gasteiger partial charge in [0, 0.05) is 0 Å². The van der Waals surface area contributed by atoms with Crippen LogP contribution in [0.3, 0.4) is 0 Å². The monoisotopic (exact) mass is 216 g/mol. The third-order valence-corrected chi connectivity index (χ3v) is 3.14. The Labute approximate surface area is 95.6 Å². The molecule has 1 aromatic carbocycles. The highest BCUT2D eigenvalue weighted by Crippen LogP contribution is 2.50. The molecular weight excluding hydrogens is 200 g/mol. The molecule has 0 saturated heterocycles. The van der Waals surface area contributed by atoms with E-state index in [0.29, 0.717) is 6.42 Å². The average molecular weight is 216 g/mol. The molecule has 1 aliphatic carbocycles. The first-order valence-corrected chi connectivity index (χ1v) is 5.58. The highest BCUT2D eigenvalue weighted by molar-refractivity contribution is 5.78. The fraction of sp³-hybridized carbons (Fsp3) is 0.357. The van der Waals surface area contributed by atoms with Crippen molar-refractivity contribution in [2.45, 2.75) is 26.2 Å². The lowest BCUT2D eigenvalue weighted by atomic mass is 9.96. The van der Waals surface area contributed by atoms with Gasteiger partial charge in [0.2, 0.25) is 0 Å². The number of hydrogen-bond donors (Lipinski definition) is 1. The quantitative estimate of drug-likeness (QED) is 0.838. The van der Waals surface area contributed by atoms with Crippen molar-refractivity contribution in [3.8, 4) is 0 Å². The van der Waals surface area contributed by atoms with Gasteiger partial charge in [0.25, 0.3) is 0 Å². The zero-order chi connectivity index (χ0) is 11.6. The van der Waals surface area contributed by atoms with E-state index in [2.05, 4.69) is 6.08 Å². The van der Waals surface area contributed by atoms with Crippen molar-refractivity contribution in [3.05, 3.63) is 41.5 Å². The molecule has 0 aliphatic heterocycles. The summed E-state index contributed by atoms with van der Waals surface area (Å²) < 4.78 is 0. The first kappa shape index (κ1) is 10.9. The number of benzene rings is 1. The summed E-state index contributed by atoms with van der Waals surface area (Å²) in [4.78, 5) is 11.0. The Bertz CT molecular complexity index is 414. The third-order valence-electron chi connectivity index (χ3n) is 3.14. The van der Waals surface area contributed by atoms with Gasteiger partial charge in [-0.3, -0.25) is 4.79 Å². The van der Waals surface area contributed by atoms with Gasteiger partial charge in [-0.25, -0.2) is 0 Å². The summed E-state index contributed by atoms with van der Waals surface area (Å²) in [5.74, 6) is -0.645. The normalized spacial score (nSPS) is 18.2. The first-order valence-electron chi connectivity index (χ1n) is 5.58. The van der Waals surface area contributed by atoms with Crippen LogP contribution < -0.4 is 0 Å². The topological polar surface area (TPSA) is 37.3 Å². The van der Waals surface area contributed by atoms with Gasteiger partial charge < -0.3 is 5.11 Å². The van der Waals surface area contributed by atoms with Crippen LogP contribution in [0.5, 0.6) is 0 Å². The summed E-state index contributed by atoms with van der Waals surface area (Å²) in [5, 5.41) is 9.09. The molecule has 84 valence electrons. The number of allylic oxidation sites excluding steroid dienone is 1. The molecule has 16 heavy (non-hydrogen) atoms. The molecule has 0 heterocycles. The van der Waals surface area contributed by atoms with Crippen molar-refractivity contribution in [2.75, 3.05) is 0 Å². The van der Waals surface area contributed by atoms with Crippen LogP contribution >= 0.6 is 0 Å². The molecule has 0 bridgehead atoms. The Morgan fingerprint density at radius 1 is 1.38 bits per heavy atom. The molecule has 0 atom stereocenters. The Kier molecular flexibility index (Phi) is 2.82. The first-order chi connectivity index (χ1) is 7.62. The van der Waals surface area contributed by atoms with Gasteiger partial charge in [0.15, 0.2) is 0 Å². The lowest BCUT2D eigenvalue weighted by molar-refractivity contribution is -0.143. The summed E-state index contributed by atoms with van der Waals surface area (Å²) in [6.45, 7) is 2.01. The van der Waals surface area contributed by atoms with Crippen LogP contribution in [0.15, 0.2) is 35.9 Å². The van der Waals surface area contributed by atoms with Gasteiger partial charge in [-0.05, 0) is 31.7 Å². The third kappa shape index (κ3) is 2.32. The molecule has 0 unspecified atom stereocenters. The molecule has 2 nitrogen and oxygen atoms in total. The molecule has 0 radical (unpaired) electrons. The van der Waals surface area contributed by atoms with E-state index in [1.807, 2.05) is 37.3 Å². The van der Waals surface area contributed by atoms with Gasteiger partial charge in [0.1, 0.15) is 0 Å². The average Bonchev–Trinajstić information content (AvgIpc) is 3.00. The van der Waals surface area contributed by atoms with Crippen LogP contribution in [0.2, 0.25) is 0 Å². The highest BCUT2D eigenvalue weighted by Gasteiger charge is 2.49. The molecule has 2 heteroatoms. The standard InChI is InChI=1S/C14H16O2/c1-11(9-12-5-3-2-4-6-12)10-14(7-8-14)13(15)16/h2-6,9H,7-8,10H2,1H3,(H,15,16)/b11-9+. The smallest absolute Gasteiger partial charge is 0.309 e. The molecule has 1 saturated carbocycles. The zero-order valence-electron chi connectivity index (χ0n) is 9.44. The van der Waals surface area contributed by atoms with E-state index in [9.17, 15) is 4.79 Å². The molecule has 0 aromatic heterocycles. The van der Waals surface area contributed by atoms with Crippen molar-refractivity contribution in [2.24, 2.45) is 5.41 Å². The van der Waals surface area contributed by atoms with E-state index in [1.165, 1.54) is 0 Å². The number of carboxylic acid groups (broad SMARTS) is 1. The fourth-order valence-electron chi connectivity index (χ4n) is 2.04. The lowest BCUT2D eigenvalue weighted by Crippen LogP contribution is -2.14. The minimum Gasteiger partial charge on any atom is -0.481 e. The van der Waals surface area contributed by atoms with Crippen LogP contribution in [0.1, 0.15) is 31.7 Å². The molecule has 1 aromatic rings. The molecule has 2 rings (SSSR count). The van der Waals surface area contributed by atoms with Crippen LogP contribution in [0.4, 0.5) is 0 Å². The van der Waals surface area contributed by atoms with Crippen molar-refractivity contribution in [1.29, 1.82) is 0 Å². The number of hydrogen-bond acceptors (Lipinski definition) is 1. The molecular formula is C14H16O2. The second-order valence-electron chi connectivity index (χ2n) is 4.66. The minimum absolute atomic E-state index is 0.449. The van der Waals surface area contributed by atoms with Crippen LogP contribution in [0.25, 0.3) is 6.08 Å². The van der Waals surface area contributed by atoms with Gasteiger partial charge in [-0.15, -0.1) is 0 Å². The Morgan fingerprint density at radius 3 is 2.50 bits per heavy atom. The Balaban J connectivity index is 2.06. The van der Waals surface area contributed by atoms with Crippen molar-refractivity contribution in [1.82, 2.24) is 0 Å². The van der Waals surface area contributed by atoms with Gasteiger partial charge in [-0.2, -0.15) is 0 Å². The predicted octanol–water partition coefficient (Wildman–Crippen LogP) is 3.34. The second kappa shape index (κ2) is 4.12. The summed E-state index contributed by atoms with van der Waals surface area (Å²) in [7, 11) is 0. The minimum atomic E-state index is -0.645. The van der Waals surface area contributed by atoms with E-state index in [4.69, 9.17) is 5.11 Å². The molecule has 1 aliphatic rings. The summed E-state index contributed by atoms with van der Waals surface area (Å²) >= 11 is 0. The van der Waals surface area contributed by atoms with E-state index in [0.717, 1.165) is 24.0 Å². The van der Waals surface area contributed by atoms with Crippen molar-refractivity contribution >= 4 is 12.0 Å².